The number of halogens is 1. The summed E-state index contributed by atoms with van der Waals surface area (Å²) < 4.78 is 3.40. The Labute approximate surface area is 148 Å². The van der Waals surface area contributed by atoms with Crippen LogP contribution in [0.3, 0.4) is 0 Å². The van der Waals surface area contributed by atoms with Crippen molar-refractivity contribution in [1.29, 1.82) is 0 Å². The van der Waals surface area contributed by atoms with Crippen LogP contribution in [0, 0.1) is 6.92 Å². The van der Waals surface area contributed by atoms with Gasteiger partial charge >= 0.3 is 0 Å². The predicted octanol–water partition coefficient (Wildman–Crippen LogP) is 1.71. The van der Waals surface area contributed by atoms with Gasteiger partial charge in [-0.3, -0.25) is 14.3 Å². The van der Waals surface area contributed by atoms with Crippen LogP contribution in [0.1, 0.15) is 29.0 Å². The number of rotatable bonds is 6. The van der Waals surface area contributed by atoms with Gasteiger partial charge < -0.3 is 5.32 Å². The molecular formula is C16H17ClN6O2. The van der Waals surface area contributed by atoms with E-state index in [1.54, 1.807) is 27.7 Å². The second-order valence-electron chi connectivity index (χ2n) is 5.61. The number of carbonyl (C=O) groups is 2. The molecule has 0 unspecified atom stereocenters. The Hall–Kier alpha value is -2.74. The van der Waals surface area contributed by atoms with Gasteiger partial charge in [0.05, 0.1) is 11.9 Å². The Kier molecular flexibility index (Phi) is 4.80. The number of hydrogen-bond acceptors (Lipinski definition) is 5. The van der Waals surface area contributed by atoms with Gasteiger partial charge in [-0.1, -0.05) is 0 Å². The highest BCUT2D eigenvalue weighted by atomic mass is 35.5. The zero-order chi connectivity index (χ0) is 18.0. The summed E-state index contributed by atoms with van der Waals surface area (Å²) in [5, 5.41) is 10.9. The molecule has 1 amide bonds. The maximum atomic E-state index is 12.2. The van der Waals surface area contributed by atoms with Crippen molar-refractivity contribution in [2.45, 2.75) is 19.8 Å². The summed E-state index contributed by atoms with van der Waals surface area (Å²) >= 11 is 5.27. The van der Waals surface area contributed by atoms with Crippen molar-refractivity contribution in [1.82, 2.24) is 29.7 Å². The Morgan fingerprint density at radius 3 is 2.84 bits per heavy atom. The van der Waals surface area contributed by atoms with E-state index in [2.05, 4.69) is 20.5 Å². The average molecular weight is 361 g/mol. The number of nitrogens with one attached hydrogen (secondary N) is 1. The van der Waals surface area contributed by atoms with E-state index in [0.29, 0.717) is 18.6 Å². The van der Waals surface area contributed by atoms with Crippen molar-refractivity contribution < 1.29 is 9.59 Å². The second-order valence-corrected chi connectivity index (χ2v) is 6.03. The lowest BCUT2D eigenvalue weighted by atomic mass is 10.2. The van der Waals surface area contributed by atoms with E-state index in [4.69, 9.17) is 11.6 Å². The molecule has 0 fully saturated rings. The van der Waals surface area contributed by atoms with Gasteiger partial charge in [-0.05, 0) is 31.0 Å². The molecule has 0 saturated carbocycles. The van der Waals surface area contributed by atoms with Crippen LogP contribution < -0.4 is 5.32 Å². The lowest BCUT2D eigenvalue weighted by molar-refractivity contribution is -0.111. The first-order valence-electron chi connectivity index (χ1n) is 7.77. The fourth-order valence-electron chi connectivity index (χ4n) is 2.48. The molecule has 8 nitrogen and oxygen atoms in total. The maximum absolute atomic E-state index is 12.2. The molecule has 0 radical (unpaired) electrons. The Morgan fingerprint density at radius 2 is 2.16 bits per heavy atom. The van der Waals surface area contributed by atoms with Crippen molar-refractivity contribution >= 4 is 28.4 Å². The third kappa shape index (κ3) is 3.53. The minimum atomic E-state index is -0.414. The van der Waals surface area contributed by atoms with Crippen molar-refractivity contribution in [3.05, 3.63) is 35.9 Å². The molecule has 0 aromatic carbocycles. The highest BCUT2D eigenvalue weighted by Gasteiger charge is 2.16. The first-order chi connectivity index (χ1) is 12.0. The summed E-state index contributed by atoms with van der Waals surface area (Å²) in [4.78, 5) is 27.2. The van der Waals surface area contributed by atoms with Gasteiger partial charge in [0.2, 0.25) is 5.24 Å². The van der Waals surface area contributed by atoms with Gasteiger partial charge in [0.25, 0.3) is 5.91 Å². The predicted molar refractivity (Wildman–Crippen MR) is 92.4 cm³/mol. The van der Waals surface area contributed by atoms with Crippen LogP contribution in [0.25, 0.3) is 16.9 Å². The highest BCUT2D eigenvalue weighted by molar-refractivity contribution is 6.63. The number of amides is 1. The number of aromatic nitrogens is 5. The van der Waals surface area contributed by atoms with Crippen LogP contribution in [0.2, 0.25) is 0 Å². The molecule has 0 aliphatic carbocycles. The first-order valence-corrected chi connectivity index (χ1v) is 8.15. The van der Waals surface area contributed by atoms with Gasteiger partial charge in [-0.15, -0.1) is 0 Å². The lowest BCUT2D eigenvalue weighted by Crippen LogP contribution is -2.25. The summed E-state index contributed by atoms with van der Waals surface area (Å²) in [6.07, 6.45) is 4.14. The summed E-state index contributed by atoms with van der Waals surface area (Å²) in [6, 6.07) is 3.45. The first kappa shape index (κ1) is 17.1. The van der Waals surface area contributed by atoms with Crippen LogP contribution in [0.4, 0.5) is 0 Å². The van der Waals surface area contributed by atoms with Gasteiger partial charge in [0, 0.05) is 43.5 Å². The Balaban J connectivity index is 1.85. The molecule has 0 aliphatic rings. The zero-order valence-corrected chi connectivity index (χ0v) is 14.6. The summed E-state index contributed by atoms with van der Waals surface area (Å²) in [7, 11) is 1.87. The molecule has 0 bridgehead atoms. The molecule has 0 atom stereocenters. The Bertz CT molecular complexity index is 945. The molecule has 3 aromatic heterocycles. The molecule has 3 aromatic rings. The average Bonchev–Trinajstić information content (AvgIpc) is 3.15. The van der Waals surface area contributed by atoms with E-state index in [1.165, 1.54) is 0 Å². The topological polar surface area (TPSA) is 94.2 Å². The Morgan fingerprint density at radius 1 is 1.36 bits per heavy atom. The van der Waals surface area contributed by atoms with E-state index in [1.807, 2.05) is 20.0 Å². The number of hydrogen-bond donors (Lipinski definition) is 1. The van der Waals surface area contributed by atoms with Crippen LogP contribution in [-0.2, 0) is 11.8 Å². The van der Waals surface area contributed by atoms with Gasteiger partial charge in [-0.25, -0.2) is 9.50 Å². The quantitative estimate of drug-likeness (QED) is 0.533. The molecule has 3 rings (SSSR count). The number of aryl methyl sites for hydroxylation is 1. The molecule has 0 aliphatic heterocycles. The molecular weight excluding hydrogens is 344 g/mol. The van der Waals surface area contributed by atoms with E-state index in [0.717, 1.165) is 17.0 Å². The molecule has 3 heterocycles. The number of carbonyl (C=O) groups excluding carboxylic acids is 2. The minimum Gasteiger partial charge on any atom is -0.351 e. The smallest absolute Gasteiger partial charge is 0.271 e. The number of nitrogens with zero attached hydrogens (tertiary/aromatic N) is 5. The molecule has 25 heavy (non-hydrogen) atoms. The van der Waals surface area contributed by atoms with Crippen LogP contribution in [0.15, 0.2) is 24.5 Å². The van der Waals surface area contributed by atoms with Crippen LogP contribution in [0.5, 0.6) is 0 Å². The SMILES string of the molecule is Cc1c(-c2ccnc3cc(C(=O)NCCCC(=O)Cl)nn23)cnn1C. The third-order valence-corrected chi connectivity index (χ3v) is 4.13. The summed E-state index contributed by atoms with van der Waals surface area (Å²) in [6.45, 7) is 2.32. The van der Waals surface area contributed by atoms with Gasteiger partial charge in [-0.2, -0.15) is 10.2 Å². The van der Waals surface area contributed by atoms with Gasteiger partial charge in [0.15, 0.2) is 11.3 Å². The van der Waals surface area contributed by atoms with Crippen LogP contribution >= 0.6 is 11.6 Å². The molecule has 0 saturated heterocycles. The standard InChI is InChI=1S/C16H17ClN6O2/c1-10-11(9-20-22(10)2)13-5-7-18-15-8-12(21-23(13)15)16(25)19-6-3-4-14(17)24/h5,7-9H,3-4,6H2,1-2H3,(H,19,25). The normalized spacial score (nSPS) is 11.0. The van der Waals surface area contributed by atoms with Crippen molar-refractivity contribution in [3.8, 4) is 11.3 Å². The summed E-state index contributed by atoms with van der Waals surface area (Å²) in [5.41, 5.74) is 3.55. The van der Waals surface area contributed by atoms with Crippen molar-refractivity contribution in [2.24, 2.45) is 7.05 Å². The largest absolute Gasteiger partial charge is 0.351 e. The number of fused-ring (bicyclic) bond motifs is 1. The van der Waals surface area contributed by atoms with Crippen LogP contribution in [-0.4, -0.2) is 42.1 Å². The van der Waals surface area contributed by atoms with E-state index >= 15 is 0 Å². The van der Waals surface area contributed by atoms with Gasteiger partial charge in [0.1, 0.15) is 0 Å². The third-order valence-electron chi connectivity index (χ3n) is 3.94. The monoisotopic (exact) mass is 360 g/mol. The zero-order valence-electron chi connectivity index (χ0n) is 13.9. The summed E-state index contributed by atoms with van der Waals surface area (Å²) in [5.74, 6) is -0.318. The fraction of sp³-hybridized carbons (Fsp3) is 0.312. The van der Waals surface area contributed by atoms with Crippen molar-refractivity contribution in [2.75, 3.05) is 6.54 Å². The van der Waals surface area contributed by atoms with E-state index < -0.39 is 5.24 Å². The molecule has 9 heteroatoms. The fourth-order valence-corrected chi connectivity index (χ4v) is 2.61. The lowest BCUT2D eigenvalue weighted by Gasteiger charge is -2.04. The van der Waals surface area contributed by atoms with E-state index in [-0.39, 0.29) is 18.0 Å². The van der Waals surface area contributed by atoms with Crippen molar-refractivity contribution in [3.63, 3.8) is 0 Å². The highest BCUT2D eigenvalue weighted by Crippen LogP contribution is 2.22. The molecule has 130 valence electrons. The van der Waals surface area contributed by atoms with E-state index in [9.17, 15) is 9.59 Å². The molecule has 0 spiro atoms. The molecule has 1 N–H and O–H groups in total. The second kappa shape index (κ2) is 7.02. The maximum Gasteiger partial charge on any atom is 0.271 e. The minimum absolute atomic E-state index is 0.221.